The van der Waals surface area contributed by atoms with Crippen molar-refractivity contribution in [2.75, 3.05) is 37.6 Å². The van der Waals surface area contributed by atoms with Gasteiger partial charge in [-0.25, -0.2) is 4.98 Å². The number of oxazole rings is 1. The van der Waals surface area contributed by atoms with Crippen molar-refractivity contribution in [1.29, 1.82) is 0 Å². The van der Waals surface area contributed by atoms with Gasteiger partial charge in [0.15, 0.2) is 6.39 Å². The van der Waals surface area contributed by atoms with E-state index in [2.05, 4.69) is 211 Å². The van der Waals surface area contributed by atoms with Crippen molar-refractivity contribution in [2.45, 2.75) is 191 Å². The summed E-state index contributed by atoms with van der Waals surface area (Å²) in [5.74, 6) is 1.05. The summed E-state index contributed by atoms with van der Waals surface area (Å²) in [4.78, 5) is 32.0. The highest BCUT2D eigenvalue weighted by Gasteiger charge is 2.24. The first-order valence-electron chi connectivity index (χ1n) is 28.5. The first-order valence-corrected chi connectivity index (χ1v) is 28.5. The van der Waals surface area contributed by atoms with Crippen LogP contribution in [0.1, 0.15) is 145 Å². The van der Waals surface area contributed by atoms with Gasteiger partial charge in [0.2, 0.25) is 0 Å². The van der Waals surface area contributed by atoms with E-state index in [1.54, 1.807) is 24.4 Å². The van der Waals surface area contributed by atoms with Crippen molar-refractivity contribution in [3.8, 4) is 0 Å². The van der Waals surface area contributed by atoms with E-state index in [9.17, 15) is 0 Å². The number of para-hydroxylation sites is 1. The Hall–Kier alpha value is -5.30. The third kappa shape index (κ3) is 16.4. The minimum atomic E-state index is 0.600. The zero-order chi connectivity index (χ0) is 53.4. The lowest BCUT2D eigenvalue weighted by Crippen LogP contribution is -2.36. The van der Waals surface area contributed by atoms with Crippen molar-refractivity contribution in [3.05, 3.63) is 172 Å². The van der Waals surface area contributed by atoms with Crippen LogP contribution in [0.3, 0.4) is 0 Å². The number of pyridine rings is 1. The van der Waals surface area contributed by atoms with Gasteiger partial charge in [-0.3, -0.25) is 39.5 Å². The Kier molecular flexibility index (Phi) is 21.6. The lowest BCUT2D eigenvalue weighted by Gasteiger charge is -2.31. The maximum Gasteiger partial charge on any atom is 0.181 e. The Bertz CT molecular complexity index is 2460. The second-order valence-corrected chi connectivity index (χ2v) is 22.7. The maximum atomic E-state index is 5.28. The van der Waals surface area contributed by atoms with Crippen LogP contribution < -0.4 is 4.90 Å². The minimum Gasteiger partial charge on any atom is -0.447 e. The van der Waals surface area contributed by atoms with Gasteiger partial charge < -0.3 is 9.32 Å². The highest BCUT2D eigenvalue weighted by atomic mass is 16.3. The Balaban J connectivity index is 0.000000131. The van der Waals surface area contributed by atoms with E-state index in [4.69, 9.17) is 4.42 Å². The fourth-order valence-electron chi connectivity index (χ4n) is 10.7. The lowest BCUT2D eigenvalue weighted by atomic mass is 9.99. The number of rotatable bonds is 6. The van der Waals surface area contributed by atoms with Gasteiger partial charge in [0.05, 0.1) is 23.6 Å². The van der Waals surface area contributed by atoms with Crippen LogP contribution in [-0.2, 0) is 71.4 Å². The SMILES string of the molecule is CC(C)N1CCc2ccccc21.CC(C)N1CCc2ccccc2C1.CC(C)N1CCc2ncccc2C1.CC(C)N1CCc2nccnc2C1.CC(C)N1CCc2ncoc2C1.CC(C)N1Cc2ccccc2C1. The van der Waals surface area contributed by atoms with Gasteiger partial charge >= 0.3 is 0 Å². The van der Waals surface area contributed by atoms with Gasteiger partial charge in [-0.05, 0) is 141 Å². The summed E-state index contributed by atoms with van der Waals surface area (Å²) in [6.45, 7) is 39.1. The summed E-state index contributed by atoms with van der Waals surface area (Å²) < 4.78 is 5.28. The summed E-state index contributed by atoms with van der Waals surface area (Å²) in [6.07, 6.45) is 12.6. The van der Waals surface area contributed by atoms with Crippen LogP contribution in [0.2, 0.25) is 0 Å². The fraction of sp³-hybridized carbons (Fsp3) is 0.531. The van der Waals surface area contributed by atoms with E-state index < -0.39 is 0 Å². The van der Waals surface area contributed by atoms with Crippen molar-refractivity contribution >= 4 is 5.69 Å². The predicted octanol–water partition coefficient (Wildman–Crippen LogP) is 11.9. The summed E-state index contributed by atoms with van der Waals surface area (Å²) in [5.41, 5.74) is 15.2. The van der Waals surface area contributed by atoms with E-state index in [0.717, 1.165) is 95.3 Å². The second kappa shape index (κ2) is 28.2. The second-order valence-electron chi connectivity index (χ2n) is 22.7. The van der Waals surface area contributed by atoms with Crippen LogP contribution >= 0.6 is 0 Å². The van der Waals surface area contributed by atoms with Crippen molar-refractivity contribution in [3.63, 3.8) is 0 Å². The van der Waals surface area contributed by atoms with Crippen LogP contribution in [0.5, 0.6) is 0 Å². The Labute approximate surface area is 452 Å². The van der Waals surface area contributed by atoms with Crippen molar-refractivity contribution in [2.24, 2.45) is 0 Å². The molecule has 0 amide bonds. The zero-order valence-electron chi connectivity index (χ0n) is 48.1. The molecule has 0 saturated heterocycles. The van der Waals surface area contributed by atoms with Crippen LogP contribution in [0.15, 0.2) is 114 Å². The largest absolute Gasteiger partial charge is 0.447 e. The molecule has 12 rings (SSSR count). The first-order chi connectivity index (χ1) is 36.1. The molecule has 75 heavy (non-hydrogen) atoms. The van der Waals surface area contributed by atoms with Crippen LogP contribution in [-0.4, -0.2) is 113 Å². The van der Waals surface area contributed by atoms with Crippen molar-refractivity contribution < 1.29 is 4.42 Å². The lowest BCUT2D eigenvalue weighted by molar-refractivity contribution is 0.184. The number of aromatic nitrogens is 4. The van der Waals surface area contributed by atoms with E-state index >= 15 is 0 Å². The molecule has 6 aliphatic heterocycles. The summed E-state index contributed by atoms with van der Waals surface area (Å²) in [5, 5.41) is 0. The number of nitrogens with zero attached hydrogens (tertiary/aromatic N) is 10. The summed E-state index contributed by atoms with van der Waals surface area (Å²) >= 11 is 0. The highest BCUT2D eigenvalue weighted by Crippen LogP contribution is 2.29. The molecule has 6 aromatic rings. The molecule has 0 fully saturated rings. The molecule has 6 aliphatic rings. The normalized spacial score (nSPS) is 17.2. The number of hydrogen-bond donors (Lipinski definition) is 0. The molecule has 0 atom stereocenters. The topological polar surface area (TPSA) is 84.1 Å². The van der Waals surface area contributed by atoms with Gasteiger partial charge in [-0.1, -0.05) is 72.8 Å². The smallest absolute Gasteiger partial charge is 0.181 e. The molecule has 0 saturated carbocycles. The summed E-state index contributed by atoms with van der Waals surface area (Å²) in [7, 11) is 0. The Morgan fingerprint density at radius 2 is 0.760 bits per heavy atom. The minimum absolute atomic E-state index is 0.600. The monoisotopic (exact) mass is 1020 g/mol. The maximum absolute atomic E-state index is 5.28. The van der Waals surface area contributed by atoms with E-state index in [-0.39, 0.29) is 0 Å². The van der Waals surface area contributed by atoms with Crippen molar-refractivity contribution in [1.82, 2.24) is 44.4 Å². The average Bonchev–Trinajstić information content (AvgIpc) is 4.21. The molecule has 3 aromatic heterocycles. The molecular weight excluding hydrogens is 925 g/mol. The van der Waals surface area contributed by atoms with E-state index in [1.807, 2.05) is 12.3 Å². The molecule has 404 valence electrons. The third-order valence-electron chi connectivity index (χ3n) is 15.8. The quantitative estimate of drug-likeness (QED) is 0.160. The van der Waals surface area contributed by atoms with Gasteiger partial charge in [-0.15, -0.1) is 0 Å². The average molecular weight is 1020 g/mol. The van der Waals surface area contributed by atoms with E-state index in [1.165, 1.54) is 70.8 Å². The molecule has 0 unspecified atom stereocenters. The third-order valence-corrected chi connectivity index (χ3v) is 15.8. The van der Waals surface area contributed by atoms with Crippen LogP contribution in [0.25, 0.3) is 0 Å². The first kappa shape index (κ1) is 57.4. The number of fused-ring (bicyclic) bond motifs is 6. The zero-order valence-corrected chi connectivity index (χ0v) is 48.1. The molecule has 9 heterocycles. The highest BCUT2D eigenvalue weighted by molar-refractivity contribution is 5.58. The Morgan fingerprint density at radius 3 is 1.36 bits per heavy atom. The fourth-order valence-corrected chi connectivity index (χ4v) is 10.7. The molecule has 0 spiro atoms. The van der Waals surface area contributed by atoms with Gasteiger partial charge in [0.25, 0.3) is 0 Å². The van der Waals surface area contributed by atoms with Gasteiger partial charge in [-0.2, -0.15) is 0 Å². The number of benzene rings is 3. The molecule has 11 heteroatoms. The summed E-state index contributed by atoms with van der Waals surface area (Å²) in [6, 6.07) is 34.3. The molecule has 3 aromatic carbocycles. The predicted molar refractivity (Wildman–Crippen MR) is 310 cm³/mol. The van der Waals surface area contributed by atoms with E-state index in [0.29, 0.717) is 36.3 Å². The molecule has 0 aliphatic carbocycles. The van der Waals surface area contributed by atoms with Crippen LogP contribution in [0, 0.1) is 0 Å². The Morgan fingerprint density at radius 1 is 0.333 bits per heavy atom. The molecule has 0 bridgehead atoms. The molecule has 11 nitrogen and oxygen atoms in total. The number of anilines is 1. The van der Waals surface area contributed by atoms with Gasteiger partial charge in [0, 0.05) is 151 Å². The van der Waals surface area contributed by atoms with Crippen LogP contribution in [0.4, 0.5) is 5.69 Å². The standard InChI is InChI=1S/C12H17N.C11H16N2.2C11H15N.C10H15N3.C9H14N2O/c1-10(2)13-8-7-11-5-3-4-6-12(11)9-13;1-9(2)13-7-5-11-10(8-13)4-3-6-12-11;1-9(2)12-7-10-5-3-4-6-11(10)8-12;1-9(2)12-8-7-10-5-3-4-6-11(10)12;1-8(2)13-6-3-9-10(7-13)12-5-4-11-9;1-7(2)11-4-3-8-9(5-11)12-6-10-8/h3-6,10H,7-9H2,1-2H3;3-4,6,9H,5,7-8H2,1-2H3;2*3-6,9H,7-8H2,1-2H3;4-5,8H,3,6-7H2,1-2H3;6-7H,3-5H2,1-2H3. The molecule has 0 N–H and O–H groups in total. The van der Waals surface area contributed by atoms with Gasteiger partial charge in [0.1, 0.15) is 5.76 Å². The number of hydrogen-bond acceptors (Lipinski definition) is 11. The molecular formula is C64H92N10O. The molecule has 0 radical (unpaired) electrons.